The Bertz CT molecular complexity index is 411. The molecule has 2 heteroatoms. The van der Waals surface area contributed by atoms with E-state index < -0.39 is 0 Å². The maximum atomic E-state index is 4.16. The highest BCUT2D eigenvalue weighted by Crippen LogP contribution is 2.28. The van der Waals surface area contributed by atoms with E-state index in [9.17, 15) is 0 Å². The van der Waals surface area contributed by atoms with Crippen molar-refractivity contribution in [3.8, 4) is 0 Å². The van der Waals surface area contributed by atoms with Crippen LogP contribution >= 0.6 is 0 Å². The summed E-state index contributed by atoms with van der Waals surface area (Å²) in [7, 11) is 2.11. The predicted octanol–water partition coefficient (Wildman–Crippen LogP) is 3.03. The fraction of sp³-hybridized carbons (Fsp3) is 0.467. The summed E-state index contributed by atoms with van der Waals surface area (Å²) in [5.41, 5.74) is 2.80. The van der Waals surface area contributed by atoms with Crippen LogP contribution in [0.15, 0.2) is 36.7 Å². The molecule has 1 aromatic carbocycles. The smallest absolute Gasteiger partial charge is 0.0968 e. The van der Waals surface area contributed by atoms with Gasteiger partial charge in [0.05, 0.1) is 11.9 Å². The maximum Gasteiger partial charge on any atom is 0.0968 e. The maximum absolute atomic E-state index is 4.16. The average Bonchev–Trinajstić information content (AvgIpc) is 2.69. The molecule has 2 rings (SSSR count). The SMILES string of the molecule is C=C1N(C)CCN1C(C)c1cccc(CC)c1. The molecule has 1 aliphatic heterocycles. The third kappa shape index (κ3) is 2.31. The molecule has 0 bridgehead atoms. The first-order chi connectivity index (χ1) is 8.13. The van der Waals surface area contributed by atoms with Crippen molar-refractivity contribution >= 4 is 0 Å². The van der Waals surface area contributed by atoms with Crippen LogP contribution in [0, 0.1) is 0 Å². The first-order valence-corrected chi connectivity index (χ1v) is 6.39. The summed E-state index contributed by atoms with van der Waals surface area (Å²) < 4.78 is 0. The van der Waals surface area contributed by atoms with Crippen LogP contribution in [0.1, 0.15) is 31.0 Å². The Morgan fingerprint density at radius 3 is 2.71 bits per heavy atom. The van der Waals surface area contributed by atoms with E-state index in [1.165, 1.54) is 11.1 Å². The van der Waals surface area contributed by atoms with E-state index >= 15 is 0 Å². The second-order valence-electron chi connectivity index (χ2n) is 4.81. The van der Waals surface area contributed by atoms with Crippen LogP contribution in [0.3, 0.4) is 0 Å². The molecule has 1 saturated heterocycles. The fourth-order valence-corrected chi connectivity index (χ4v) is 2.41. The summed E-state index contributed by atoms with van der Waals surface area (Å²) in [4.78, 5) is 4.61. The van der Waals surface area contributed by atoms with Crippen LogP contribution in [0.25, 0.3) is 0 Å². The van der Waals surface area contributed by atoms with Gasteiger partial charge >= 0.3 is 0 Å². The molecule has 1 aliphatic rings. The topological polar surface area (TPSA) is 6.48 Å². The van der Waals surface area contributed by atoms with Crippen LogP contribution in [0.5, 0.6) is 0 Å². The van der Waals surface area contributed by atoms with Crippen LogP contribution in [-0.2, 0) is 6.42 Å². The van der Waals surface area contributed by atoms with Gasteiger partial charge in [0, 0.05) is 20.1 Å². The number of hydrogen-bond donors (Lipinski definition) is 0. The third-order valence-electron chi connectivity index (χ3n) is 3.76. The van der Waals surface area contributed by atoms with Gasteiger partial charge in [-0.1, -0.05) is 37.8 Å². The first-order valence-electron chi connectivity index (χ1n) is 6.39. The Hall–Kier alpha value is -1.44. The Labute approximate surface area is 105 Å². The van der Waals surface area contributed by atoms with Crippen molar-refractivity contribution in [2.45, 2.75) is 26.3 Å². The van der Waals surface area contributed by atoms with Crippen molar-refractivity contribution in [3.63, 3.8) is 0 Å². The Morgan fingerprint density at radius 2 is 2.12 bits per heavy atom. The normalized spacial score (nSPS) is 17.7. The van der Waals surface area contributed by atoms with E-state index in [0.717, 1.165) is 25.3 Å². The minimum atomic E-state index is 0.416. The van der Waals surface area contributed by atoms with E-state index in [1.54, 1.807) is 0 Å². The van der Waals surface area contributed by atoms with Crippen molar-refractivity contribution in [2.75, 3.05) is 20.1 Å². The minimum absolute atomic E-state index is 0.416. The molecule has 1 unspecified atom stereocenters. The molecule has 0 aliphatic carbocycles. The molecule has 1 aromatic rings. The van der Waals surface area contributed by atoms with E-state index in [1.807, 2.05) is 0 Å². The van der Waals surface area contributed by atoms with Gasteiger partial charge in [0.2, 0.25) is 0 Å². The molecule has 0 radical (unpaired) electrons. The number of aryl methyl sites for hydroxylation is 1. The van der Waals surface area contributed by atoms with Crippen molar-refractivity contribution in [3.05, 3.63) is 47.8 Å². The number of nitrogens with zero attached hydrogens (tertiary/aromatic N) is 2. The van der Waals surface area contributed by atoms with E-state index in [-0.39, 0.29) is 0 Å². The number of hydrogen-bond acceptors (Lipinski definition) is 2. The van der Waals surface area contributed by atoms with Crippen LogP contribution in [0.4, 0.5) is 0 Å². The van der Waals surface area contributed by atoms with Crippen LogP contribution in [-0.4, -0.2) is 29.9 Å². The Balaban J connectivity index is 2.19. The van der Waals surface area contributed by atoms with Gasteiger partial charge in [-0.3, -0.25) is 0 Å². The van der Waals surface area contributed by atoms with Crippen LogP contribution in [0.2, 0.25) is 0 Å². The van der Waals surface area contributed by atoms with Crippen molar-refractivity contribution in [1.29, 1.82) is 0 Å². The number of benzene rings is 1. The zero-order chi connectivity index (χ0) is 12.4. The van der Waals surface area contributed by atoms with E-state index in [4.69, 9.17) is 0 Å². The minimum Gasteiger partial charge on any atom is -0.360 e. The molecule has 0 aromatic heterocycles. The molecular formula is C15H22N2. The summed E-state index contributed by atoms with van der Waals surface area (Å²) in [5.74, 6) is 1.14. The molecule has 1 atom stereocenters. The summed E-state index contributed by atoms with van der Waals surface area (Å²) in [6, 6.07) is 9.30. The number of likely N-dealkylation sites (N-methyl/N-ethyl adjacent to an activating group) is 1. The molecule has 1 fully saturated rings. The fourth-order valence-electron chi connectivity index (χ4n) is 2.41. The average molecular weight is 230 g/mol. The van der Waals surface area contributed by atoms with Crippen molar-refractivity contribution in [2.24, 2.45) is 0 Å². The Morgan fingerprint density at radius 1 is 1.35 bits per heavy atom. The van der Waals surface area contributed by atoms with Gasteiger partial charge in [-0.25, -0.2) is 0 Å². The molecular weight excluding hydrogens is 208 g/mol. The third-order valence-corrected chi connectivity index (χ3v) is 3.76. The standard InChI is InChI=1S/C15H22N2/c1-5-14-7-6-8-15(11-14)12(2)17-10-9-16(4)13(17)3/h6-8,11-12H,3,5,9-10H2,1-2,4H3. The molecule has 92 valence electrons. The molecule has 0 amide bonds. The summed E-state index contributed by atoms with van der Waals surface area (Å²) >= 11 is 0. The van der Waals surface area contributed by atoms with Crippen molar-refractivity contribution in [1.82, 2.24) is 9.80 Å². The molecule has 0 saturated carbocycles. The molecule has 0 spiro atoms. The number of rotatable bonds is 3. The van der Waals surface area contributed by atoms with Gasteiger partial charge in [-0.05, 0) is 24.5 Å². The Kier molecular flexibility index (Phi) is 3.41. The predicted molar refractivity (Wildman–Crippen MR) is 72.7 cm³/mol. The van der Waals surface area contributed by atoms with Gasteiger partial charge in [0.1, 0.15) is 0 Å². The quantitative estimate of drug-likeness (QED) is 0.787. The second kappa shape index (κ2) is 4.82. The lowest BCUT2D eigenvalue weighted by Crippen LogP contribution is -2.23. The zero-order valence-electron chi connectivity index (χ0n) is 11.1. The lowest BCUT2D eigenvalue weighted by Gasteiger charge is -2.28. The molecule has 1 heterocycles. The lowest BCUT2D eigenvalue weighted by atomic mass is 10.0. The van der Waals surface area contributed by atoms with Gasteiger partial charge < -0.3 is 9.80 Å². The highest BCUT2D eigenvalue weighted by Gasteiger charge is 2.25. The second-order valence-corrected chi connectivity index (χ2v) is 4.81. The zero-order valence-corrected chi connectivity index (χ0v) is 11.1. The van der Waals surface area contributed by atoms with Gasteiger partial charge in [0.25, 0.3) is 0 Å². The van der Waals surface area contributed by atoms with E-state index in [2.05, 4.69) is 61.5 Å². The largest absolute Gasteiger partial charge is 0.360 e. The van der Waals surface area contributed by atoms with Gasteiger partial charge in [-0.2, -0.15) is 0 Å². The summed E-state index contributed by atoms with van der Waals surface area (Å²) in [6.07, 6.45) is 1.10. The summed E-state index contributed by atoms with van der Waals surface area (Å²) in [5, 5.41) is 0. The highest BCUT2D eigenvalue weighted by molar-refractivity contribution is 5.27. The molecule has 17 heavy (non-hydrogen) atoms. The van der Waals surface area contributed by atoms with Gasteiger partial charge in [-0.15, -0.1) is 0 Å². The van der Waals surface area contributed by atoms with E-state index in [0.29, 0.717) is 6.04 Å². The summed E-state index contributed by atoms with van der Waals surface area (Å²) in [6.45, 7) is 10.8. The monoisotopic (exact) mass is 230 g/mol. The molecule has 2 nitrogen and oxygen atoms in total. The van der Waals surface area contributed by atoms with Crippen molar-refractivity contribution < 1.29 is 0 Å². The lowest BCUT2D eigenvalue weighted by molar-refractivity contribution is 0.295. The highest BCUT2D eigenvalue weighted by atomic mass is 15.4. The van der Waals surface area contributed by atoms with Crippen LogP contribution < -0.4 is 0 Å². The van der Waals surface area contributed by atoms with Gasteiger partial charge in [0.15, 0.2) is 0 Å². The first kappa shape index (κ1) is 12.0. The molecule has 0 N–H and O–H groups in total.